The third-order valence-electron chi connectivity index (χ3n) is 14.7. The molecule has 13 nitrogen and oxygen atoms in total. The minimum atomic E-state index is -1.41. The molecule has 3 saturated heterocycles. The number of fused-ring (bicyclic) bond motifs is 2. The molecule has 17 heteroatoms. The second-order valence-electron chi connectivity index (χ2n) is 26.7. The summed E-state index contributed by atoms with van der Waals surface area (Å²) in [4.78, 5) is 43.5. The van der Waals surface area contributed by atoms with E-state index in [-0.39, 0.29) is 31.0 Å². The van der Waals surface area contributed by atoms with Crippen LogP contribution in [0.2, 0.25) is 51.4 Å². The number of halogens is 2. The van der Waals surface area contributed by atoms with Crippen LogP contribution in [0.4, 0.5) is 24.1 Å². The van der Waals surface area contributed by atoms with Crippen molar-refractivity contribution in [1.82, 2.24) is 28.9 Å². The molecule has 4 unspecified atom stereocenters. The van der Waals surface area contributed by atoms with Crippen LogP contribution in [0.1, 0.15) is 153 Å². The SMILES string of the molecule is CC(C)(C)OC(=O)N1CCCC1c1nc2cc(C3CCC(c4cc5nc(C6CCCN6C(=O)OC(C)(C)C)n(COCC[Si](C)(C)C)c5cc4F)N3c3ccc(C(C)(C)C)cc3)c(F)cc2n1COCC[Si](C)(C)C. The number of hydrogen-bond acceptors (Lipinski definition) is 9. The van der Waals surface area contributed by atoms with E-state index >= 15 is 8.78 Å². The predicted molar refractivity (Wildman–Crippen MR) is 300 cm³/mol. The third kappa shape index (κ3) is 13.1. The summed E-state index contributed by atoms with van der Waals surface area (Å²) in [5.41, 5.74) is 3.82. The molecule has 410 valence electrons. The van der Waals surface area contributed by atoms with Crippen LogP contribution < -0.4 is 4.90 Å². The van der Waals surface area contributed by atoms with Gasteiger partial charge in [-0.15, -0.1) is 0 Å². The Hall–Kier alpha value is -4.85. The molecule has 3 aliphatic rings. The van der Waals surface area contributed by atoms with Crippen LogP contribution in [0, 0.1) is 11.6 Å². The zero-order valence-corrected chi connectivity index (χ0v) is 49.7. The Balaban J connectivity index is 1.21. The van der Waals surface area contributed by atoms with Crippen LogP contribution in [0.15, 0.2) is 48.5 Å². The molecular formula is C58H85F2N7O6Si2. The highest BCUT2D eigenvalue weighted by atomic mass is 28.3. The maximum absolute atomic E-state index is 17.4. The van der Waals surface area contributed by atoms with Gasteiger partial charge in [-0.25, -0.2) is 28.3 Å². The number of anilines is 1. The quantitative estimate of drug-likeness (QED) is 0.0746. The number of carbonyl (C=O) groups excluding carboxylic acids is 2. The summed E-state index contributed by atoms with van der Waals surface area (Å²) in [5, 5.41) is 0. The van der Waals surface area contributed by atoms with E-state index in [0.29, 0.717) is 96.8 Å². The molecule has 0 N–H and O–H groups in total. The number of likely N-dealkylation sites (tertiary alicyclic amines) is 2. The lowest BCUT2D eigenvalue weighted by Gasteiger charge is -2.34. The van der Waals surface area contributed by atoms with E-state index in [4.69, 9.17) is 28.9 Å². The molecule has 0 bridgehead atoms. The van der Waals surface area contributed by atoms with Gasteiger partial charge in [0.1, 0.15) is 47.9 Å². The number of benzene rings is 3. The lowest BCUT2D eigenvalue weighted by Crippen LogP contribution is -2.37. The molecule has 0 aliphatic carbocycles. The number of hydrogen-bond donors (Lipinski definition) is 0. The fraction of sp³-hybridized carbons (Fsp3) is 0.621. The average Bonchev–Trinajstić information content (AvgIpc) is 4.14. The van der Waals surface area contributed by atoms with Crippen LogP contribution >= 0.6 is 0 Å². The van der Waals surface area contributed by atoms with Gasteiger partial charge in [0.25, 0.3) is 0 Å². The molecule has 75 heavy (non-hydrogen) atoms. The van der Waals surface area contributed by atoms with Crippen LogP contribution in [0.3, 0.4) is 0 Å². The molecule has 2 amide bonds. The summed E-state index contributed by atoms with van der Waals surface area (Å²) >= 11 is 0. The molecule has 5 aromatic rings. The zero-order chi connectivity index (χ0) is 54.6. The van der Waals surface area contributed by atoms with Gasteiger partial charge in [0.15, 0.2) is 0 Å². The van der Waals surface area contributed by atoms with Crippen LogP contribution in [0.25, 0.3) is 22.1 Å². The average molecular weight is 1070 g/mol. The number of imidazole rings is 2. The van der Waals surface area contributed by atoms with Gasteiger partial charge in [-0.2, -0.15) is 0 Å². The number of nitrogens with zero attached hydrogens (tertiary/aromatic N) is 7. The van der Waals surface area contributed by atoms with Gasteiger partial charge in [-0.3, -0.25) is 9.80 Å². The highest BCUT2D eigenvalue weighted by Gasteiger charge is 2.42. The third-order valence-corrected chi connectivity index (χ3v) is 18.1. The van der Waals surface area contributed by atoms with Crippen LogP contribution in [-0.2, 0) is 37.8 Å². The van der Waals surface area contributed by atoms with Crippen molar-refractivity contribution in [3.63, 3.8) is 0 Å². The summed E-state index contributed by atoms with van der Waals surface area (Å²) in [7, 11) is -2.83. The van der Waals surface area contributed by atoms with E-state index in [1.54, 1.807) is 21.9 Å². The second-order valence-corrected chi connectivity index (χ2v) is 37.9. The van der Waals surface area contributed by atoms with Crippen LogP contribution in [0.5, 0.6) is 0 Å². The first-order valence-corrected chi connectivity index (χ1v) is 34.8. The van der Waals surface area contributed by atoms with E-state index in [1.807, 2.05) is 62.8 Å². The highest BCUT2D eigenvalue weighted by Crippen LogP contribution is 2.50. The van der Waals surface area contributed by atoms with Gasteiger partial charge in [-0.1, -0.05) is 72.2 Å². The fourth-order valence-corrected chi connectivity index (χ4v) is 12.3. The molecule has 5 heterocycles. The monoisotopic (exact) mass is 1070 g/mol. The Kier molecular flexibility index (Phi) is 16.2. The topological polar surface area (TPSA) is 116 Å². The molecular weight excluding hydrogens is 985 g/mol. The summed E-state index contributed by atoms with van der Waals surface area (Å²) in [6, 6.07) is 15.4. The molecule has 4 atom stereocenters. The van der Waals surface area contributed by atoms with Crippen molar-refractivity contribution < 1.29 is 37.3 Å². The van der Waals surface area contributed by atoms with Gasteiger partial charge in [0.05, 0.1) is 46.2 Å². The van der Waals surface area contributed by atoms with Crippen molar-refractivity contribution in [1.29, 1.82) is 0 Å². The Bertz CT molecular complexity index is 2690. The number of rotatable bonds is 15. The van der Waals surface area contributed by atoms with Crippen LogP contribution in [-0.4, -0.2) is 94.7 Å². The first-order chi connectivity index (χ1) is 35.0. The normalized spacial score (nSPS) is 20.1. The molecule has 8 rings (SSSR count). The molecule has 3 aromatic carbocycles. The summed E-state index contributed by atoms with van der Waals surface area (Å²) in [6.45, 7) is 34.0. The molecule has 2 aromatic heterocycles. The Morgan fingerprint density at radius 3 is 1.35 bits per heavy atom. The molecule has 0 saturated carbocycles. The largest absolute Gasteiger partial charge is 0.444 e. The van der Waals surface area contributed by atoms with Crippen molar-refractivity contribution in [2.45, 2.75) is 206 Å². The fourth-order valence-electron chi connectivity index (χ4n) is 10.8. The van der Waals surface area contributed by atoms with E-state index in [9.17, 15) is 9.59 Å². The van der Waals surface area contributed by atoms with Crippen molar-refractivity contribution in [3.05, 3.63) is 88.5 Å². The van der Waals surface area contributed by atoms with Gasteiger partial charge in [0.2, 0.25) is 0 Å². The zero-order valence-electron chi connectivity index (χ0n) is 47.7. The van der Waals surface area contributed by atoms with Gasteiger partial charge < -0.3 is 33.0 Å². The molecule has 3 aliphatic heterocycles. The van der Waals surface area contributed by atoms with Crippen molar-refractivity contribution >= 4 is 56.1 Å². The predicted octanol–water partition coefficient (Wildman–Crippen LogP) is 14.8. The number of ether oxygens (including phenoxy) is 4. The minimum Gasteiger partial charge on any atom is -0.444 e. The smallest absolute Gasteiger partial charge is 0.410 e. The maximum Gasteiger partial charge on any atom is 0.410 e. The molecule has 3 fully saturated rings. The lowest BCUT2D eigenvalue weighted by atomic mass is 9.87. The second kappa shape index (κ2) is 21.5. The van der Waals surface area contributed by atoms with Crippen molar-refractivity contribution in [3.8, 4) is 0 Å². The lowest BCUT2D eigenvalue weighted by molar-refractivity contribution is 0.0196. The number of aromatic nitrogens is 4. The summed E-state index contributed by atoms with van der Waals surface area (Å²) in [6.07, 6.45) is 3.17. The Labute approximate surface area is 446 Å². The minimum absolute atomic E-state index is 0.114. The van der Waals surface area contributed by atoms with E-state index in [2.05, 4.69) is 89.2 Å². The first-order valence-electron chi connectivity index (χ1n) is 27.4. The Morgan fingerprint density at radius 1 is 0.587 bits per heavy atom. The summed E-state index contributed by atoms with van der Waals surface area (Å²) < 4.78 is 63.2. The standard InChI is InChI=1S/C58H85F2N7O6Si2/c1-56(2,3)38-20-22-39(23-21-38)67-46(40-32-44-50(34-42(40)59)65(36-70-28-30-74(10,11)12)52(61-44)48-18-16-26-63(48)54(68)72-57(4,5)6)24-25-47(67)41-33-45-51(35-43(41)60)66(37-71-29-31-75(13,14)15)53(62-45)49-19-17-27-64(49)55(69)73-58(7,8)9/h20-23,32-35,46-49H,16-19,24-31,36-37H2,1-15H3. The highest BCUT2D eigenvalue weighted by molar-refractivity contribution is 6.76. The van der Waals surface area contributed by atoms with E-state index in [1.165, 1.54) is 0 Å². The first kappa shape index (κ1) is 56.4. The van der Waals surface area contributed by atoms with Crippen molar-refractivity contribution in [2.75, 3.05) is 31.2 Å². The Morgan fingerprint density at radius 2 is 0.987 bits per heavy atom. The van der Waals surface area contributed by atoms with E-state index < -0.39 is 63.3 Å². The number of amides is 2. The number of carbonyl (C=O) groups is 2. The van der Waals surface area contributed by atoms with Gasteiger partial charge in [0, 0.05) is 71.4 Å². The van der Waals surface area contributed by atoms with Gasteiger partial charge in [-0.05, 0) is 127 Å². The summed E-state index contributed by atoms with van der Waals surface area (Å²) in [5.74, 6) is 0.488. The maximum atomic E-state index is 17.4. The van der Waals surface area contributed by atoms with Gasteiger partial charge >= 0.3 is 12.2 Å². The molecule has 0 spiro atoms. The van der Waals surface area contributed by atoms with E-state index in [0.717, 1.165) is 36.2 Å². The molecule has 0 radical (unpaired) electrons. The van der Waals surface area contributed by atoms with Crippen molar-refractivity contribution in [2.24, 2.45) is 0 Å².